The van der Waals surface area contributed by atoms with Crippen LogP contribution in [0.25, 0.3) is 5.69 Å². The lowest BCUT2D eigenvalue weighted by molar-refractivity contribution is 0.627. The lowest BCUT2D eigenvalue weighted by Gasteiger charge is -2.04. The number of hydrogen-bond donors (Lipinski definition) is 1. The third kappa shape index (κ3) is 1.78. The molecule has 2 heterocycles. The summed E-state index contributed by atoms with van der Waals surface area (Å²) in [4.78, 5) is 0. The van der Waals surface area contributed by atoms with Crippen LogP contribution in [-0.2, 0) is 0 Å². The third-order valence-electron chi connectivity index (χ3n) is 4.20. The lowest BCUT2D eigenvalue weighted by atomic mass is 10.2. The van der Waals surface area contributed by atoms with Gasteiger partial charge in [0.15, 0.2) is 0 Å². The summed E-state index contributed by atoms with van der Waals surface area (Å²) in [6, 6.07) is 6.42. The Morgan fingerprint density at radius 2 is 2.05 bits per heavy atom. The number of hydrogen-bond acceptors (Lipinski definition) is 2. The lowest BCUT2D eigenvalue weighted by Crippen LogP contribution is -2.14. The first-order valence-electron chi connectivity index (χ1n) is 6.46. The average Bonchev–Trinajstić information content (AvgIpc) is 2.82. The molecule has 19 heavy (non-hydrogen) atoms. The van der Waals surface area contributed by atoms with Crippen molar-refractivity contribution < 1.29 is 4.39 Å². The molecule has 4 rings (SSSR count). The molecule has 1 N–H and O–H groups in total. The Labute approximate surface area is 115 Å². The zero-order valence-corrected chi connectivity index (χ0v) is 10.9. The van der Waals surface area contributed by atoms with Gasteiger partial charge in [0, 0.05) is 12.1 Å². The van der Waals surface area contributed by atoms with Crippen LogP contribution >= 0.6 is 11.6 Å². The van der Waals surface area contributed by atoms with E-state index in [-0.39, 0.29) is 5.82 Å². The fourth-order valence-corrected chi connectivity index (χ4v) is 3.43. The molecular formula is C14H13ClFN3. The molecule has 5 heteroatoms. The Morgan fingerprint density at radius 3 is 2.79 bits per heavy atom. The quantitative estimate of drug-likeness (QED) is 0.914. The molecule has 1 aliphatic heterocycles. The summed E-state index contributed by atoms with van der Waals surface area (Å²) < 4.78 is 14.8. The molecule has 3 atom stereocenters. The van der Waals surface area contributed by atoms with Gasteiger partial charge in [-0.2, -0.15) is 5.10 Å². The van der Waals surface area contributed by atoms with E-state index in [9.17, 15) is 4.39 Å². The van der Waals surface area contributed by atoms with Crippen molar-refractivity contribution in [3.8, 4) is 5.69 Å². The van der Waals surface area contributed by atoms with Gasteiger partial charge in [0.1, 0.15) is 5.82 Å². The zero-order valence-electron chi connectivity index (χ0n) is 10.2. The van der Waals surface area contributed by atoms with Crippen molar-refractivity contribution in [2.75, 3.05) is 13.1 Å². The van der Waals surface area contributed by atoms with Crippen molar-refractivity contribution in [3.05, 3.63) is 47.0 Å². The smallest absolute Gasteiger partial charge is 0.124 e. The third-order valence-corrected chi connectivity index (χ3v) is 4.50. The van der Waals surface area contributed by atoms with Crippen molar-refractivity contribution >= 4 is 11.6 Å². The molecule has 98 valence electrons. The van der Waals surface area contributed by atoms with E-state index in [2.05, 4.69) is 10.4 Å². The number of benzene rings is 1. The molecule has 1 unspecified atom stereocenters. The van der Waals surface area contributed by atoms with Crippen molar-refractivity contribution in [3.63, 3.8) is 0 Å². The van der Waals surface area contributed by atoms with Gasteiger partial charge in [-0.25, -0.2) is 9.07 Å². The number of aromatic nitrogens is 2. The summed E-state index contributed by atoms with van der Waals surface area (Å²) in [6.45, 7) is 2.19. The largest absolute Gasteiger partial charge is 0.316 e. The monoisotopic (exact) mass is 277 g/mol. The number of fused-ring (bicyclic) bond motifs is 1. The van der Waals surface area contributed by atoms with Gasteiger partial charge >= 0.3 is 0 Å². The maximum absolute atomic E-state index is 13.0. The van der Waals surface area contributed by atoms with Crippen LogP contribution in [0.4, 0.5) is 4.39 Å². The molecule has 0 spiro atoms. The molecule has 1 aromatic heterocycles. The summed E-state index contributed by atoms with van der Waals surface area (Å²) >= 11 is 6.05. The first-order valence-corrected chi connectivity index (χ1v) is 6.83. The van der Waals surface area contributed by atoms with Crippen LogP contribution in [0.5, 0.6) is 0 Å². The van der Waals surface area contributed by atoms with Gasteiger partial charge in [0.05, 0.1) is 16.4 Å². The molecule has 0 amide bonds. The van der Waals surface area contributed by atoms with Gasteiger partial charge in [-0.05, 0) is 49.2 Å². The van der Waals surface area contributed by atoms with Crippen LogP contribution in [0.3, 0.4) is 0 Å². The van der Waals surface area contributed by atoms with Gasteiger partial charge in [0.25, 0.3) is 0 Å². The highest BCUT2D eigenvalue weighted by Crippen LogP contribution is 2.55. The van der Waals surface area contributed by atoms with Crippen molar-refractivity contribution in [1.82, 2.24) is 15.1 Å². The van der Waals surface area contributed by atoms with E-state index in [1.165, 1.54) is 12.1 Å². The summed E-state index contributed by atoms with van der Waals surface area (Å²) in [5.41, 5.74) is 1.84. The summed E-state index contributed by atoms with van der Waals surface area (Å²) in [5, 5.41) is 8.36. The topological polar surface area (TPSA) is 29.9 Å². The molecule has 1 saturated carbocycles. The number of piperidine rings is 1. The highest BCUT2D eigenvalue weighted by atomic mass is 35.5. The van der Waals surface area contributed by atoms with Crippen molar-refractivity contribution in [1.29, 1.82) is 0 Å². The van der Waals surface area contributed by atoms with Crippen molar-refractivity contribution in [2.24, 2.45) is 11.8 Å². The average molecular weight is 278 g/mol. The van der Waals surface area contributed by atoms with E-state index in [4.69, 9.17) is 11.6 Å². The second-order valence-electron chi connectivity index (χ2n) is 5.29. The fourth-order valence-electron chi connectivity index (χ4n) is 3.17. The van der Waals surface area contributed by atoms with Gasteiger partial charge in [-0.3, -0.25) is 0 Å². The molecule has 0 radical (unpaired) electrons. The van der Waals surface area contributed by atoms with Crippen LogP contribution < -0.4 is 5.32 Å². The molecule has 2 aliphatic rings. The Morgan fingerprint density at radius 1 is 1.26 bits per heavy atom. The minimum Gasteiger partial charge on any atom is -0.316 e. The van der Waals surface area contributed by atoms with Gasteiger partial charge in [0.2, 0.25) is 0 Å². The highest BCUT2D eigenvalue weighted by molar-refractivity contribution is 6.32. The van der Waals surface area contributed by atoms with Crippen LogP contribution in [0, 0.1) is 17.7 Å². The van der Waals surface area contributed by atoms with Crippen molar-refractivity contribution in [2.45, 2.75) is 5.92 Å². The summed E-state index contributed by atoms with van der Waals surface area (Å²) in [6.07, 6.45) is 1.90. The summed E-state index contributed by atoms with van der Waals surface area (Å²) in [5.74, 6) is 1.74. The molecule has 1 saturated heterocycles. The number of nitrogens with zero attached hydrogens (tertiary/aromatic N) is 2. The van der Waals surface area contributed by atoms with Crippen LogP contribution in [-0.4, -0.2) is 22.9 Å². The minimum atomic E-state index is -0.330. The zero-order chi connectivity index (χ0) is 13.0. The Balaban J connectivity index is 1.64. The molecular weight excluding hydrogens is 265 g/mol. The number of halogens is 2. The second-order valence-corrected chi connectivity index (χ2v) is 5.70. The Bertz CT molecular complexity index is 629. The molecule has 2 fully saturated rings. The molecule has 0 bridgehead atoms. The number of nitrogens with one attached hydrogen (secondary N) is 1. The van der Waals surface area contributed by atoms with E-state index in [1.54, 1.807) is 10.7 Å². The van der Waals surface area contributed by atoms with E-state index in [1.807, 2.05) is 12.3 Å². The van der Waals surface area contributed by atoms with E-state index >= 15 is 0 Å². The summed E-state index contributed by atoms with van der Waals surface area (Å²) in [7, 11) is 0. The molecule has 3 nitrogen and oxygen atoms in total. The molecule has 2 aromatic rings. The molecule has 1 aromatic carbocycles. The Hall–Kier alpha value is -1.39. The predicted octanol–water partition coefficient (Wildman–Crippen LogP) is 2.60. The maximum Gasteiger partial charge on any atom is 0.124 e. The van der Waals surface area contributed by atoms with Gasteiger partial charge in [-0.15, -0.1) is 0 Å². The number of rotatable bonds is 2. The van der Waals surface area contributed by atoms with Crippen LogP contribution in [0.2, 0.25) is 5.02 Å². The standard InChI is InChI=1S/C14H13ClFN3/c15-11-5-8(16)1-2-13(11)19-4-3-12(18-19)14-9-6-17-7-10(9)14/h1-5,9-10,14,17H,6-7H2/t9-,10+,14?. The maximum atomic E-state index is 13.0. The predicted molar refractivity (Wildman–Crippen MR) is 71.1 cm³/mol. The first-order chi connectivity index (χ1) is 9.24. The highest BCUT2D eigenvalue weighted by Gasteiger charge is 2.54. The van der Waals surface area contributed by atoms with Gasteiger partial charge < -0.3 is 5.32 Å². The van der Waals surface area contributed by atoms with E-state index < -0.39 is 0 Å². The first kappa shape index (κ1) is 11.4. The Kier molecular flexibility index (Phi) is 2.44. The molecule has 1 aliphatic carbocycles. The fraction of sp³-hybridized carbons (Fsp3) is 0.357. The minimum absolute atomic E-state index is 0.330. The normalized spacial score (nSPS) is 28.4. The van der Waals surface area contributed by atoms with Crippen LogP contribution in [0.1, 0.15) is 11.6 Å². The van der Waals surface area contributed by atoms with E-state index in [0.717, 1.165) is 36.3 Å². The van der Waals surface area contributed by atoms with Gasteiger partial charge in [-0.1, -0.05) is 11.6 Å². The van der Waals surface area contributed by atoms with E-state index in [0.29, 0.717) is 10.9 Å². The van der Waals surface area contributed by atoms with Crippen LogP contribution in [0.15, 0.2) is 30.5 Å². The second kappa shape index (κ2) is 4.05. The SMILES string of the molecule is Fc1ccc(-n2ccc(C3[C@H]4CNC[C@@H]34)n2)c(Cl)c1.